The van der Waals surface area contributed by atoms with Crippen molar-refractivity contribution in [2.24, 2.45) is 0 Å². The Morgan fingerprint density at radius 2 is 2.17 bits per heavy atom. The second-order valence-corrected chi connectivity index (χ2v) is 3.85. The molecule has 1 heterocycles. The van der Waals surface area contributed by atoms with Crippen molar-refractivity contribution in [2.45, 2.75) is 6.92 Å². The first-order chi connectivity index (χ1) is 5.77. The summed E-state index contributed by atoms with van der Waals surface area (Å²) in [5, 5.41) is 1.10. The number of hydrogen-bond donors (Lipinski definition) is 0. The first kappa shape index (κ1) is 7.91. The van der Waals surface area contributed by atoms with Crippen LogP contribution in [-0.2, 0) is 0 Å². The summed E-state index contributed by atoms with van der Waals surface area (Å²) < 4.78 is 1.26. The second-order valence-electron chi connectivity index (χ2n) is 2.68. The van der Waals surface area contributed by atoms with Gasteiger partial charge < -0.3 is 0 Å². The smallest absolute Gasteiger partial charge is 0.116 e. The van der Waals surface area contributed by atoms with Crippen LogP contribution in [0.4, 0.5) is 0 Å². The Kier molecular flexibility index (Phi) is 1.96. The van der Waals surface area contributed by atoms with Crippen molar-refractivity contribution in [1.82, 2.24) is 9.97 Å². The van der Waals surface area contributed by atoms with Crippen molar-refractivity contribution in [3.63, 3.8) is 0 Å². The standard InChI is InChI=1S/C9H7IN2/c1-6-2-9-7(3-8(6)10)4-11-5-12-9/h2-5H,1H3. The third-order valence-electron chi connectivity index (χ3n) is 1.79. The number of aromatic nitrogens is 2. The second kappa shape index (κ2) is 2.97. The molecule has 0 spiro atoms. The van der Waals surface area contributed by atoms with Crippen LogP contribution in [0.5, 0.6) is 0 Å². The molecule has 0 saturated heterocycles. The van der Waals surface area contributed by atoms with E-state index in [4.69, 9.17) is 0 Å². The van der Waals surface area contributed by atoms with Crippen LogP contribution in [-0.4, -0.2) is 9.97 Å². The molecule has 0 unspecified atom stereocenters. The van der Waals surface area contributed by atoms with Gasteiger partial charge in [0.2, 0.25) is 0 Å². The van der Waals surface area contributed by atoms with Gasteiger partial charge in [-0.1, -0.05) is 0 Å². The summed E-state index contributed by atoms with van der Waals surface area (Å²) in [5.41, 5.74) is 2.28. The Bertz CT molecular complexity index is 385. The maximum Gasteiger partial charge on any atom is 0.116 e. The quantitative estimate of drug-likeness (QED) is 0.687. The van der Waals surface area contributed by atoms with Gasteiger partial charge in [-0.3, -0.25) is 0 Å². The van der Waals surface area contributed by atoms with Crippen molar-refractivity contribution in [2.75, 3.05) is 0 Å². The van der Waals surface area contributed by atoms with E-state index in [9.17, 15) is 0 Å². The maximum atomic E-state index is 4.17. The Morgan fingerprint density at radius 3 is 3.00 bits per heavy atom. The average molecular weight is 270 g/mol. The third-order valence-corrected chi connectivity index (χ3v) is 2.95. The van der Waals surface area contributed by atoms with Crippen molar-refractivity contribution in [3.05, 3.63) is 33.8 Å². The van der Waals surface area contributed by atoms with Gasteiger partial charge in [0.05, 0.1) is 5.52 Å². The molecule has 0 aliphatic rings. The van der Waals surface area contributed by atoms with Gasteiger partial charge in [-0.2, -0.15) is 0 Å². The maximum absolute atomic E-state index is 4.17. The molecule has 0 fully saturated rings. The predicted molar refractivity (Wildman–Crippen MR) is 57.0 cm³/mol. The van der Waals surface area contributed by atoms with E-state index in [1.54, 1.807) is 6.33 Å². The van der Waals surface area contributed by atoms with E-state index in [0.29, 0.717) is 0 Å². The van der Waals surface area contributed by atoms with Gasteiger partial charge in [-0.05, 0) is 47.2 Å². The summed E-state index contributed by atoms with van der Waals surface area (Å²) in [4.78, 5) is 8.14. The molecule has 0 amide bonds. The van der Waals surface area contributed by atoms with Crippen molar-refractivity contribution in [1.29, 1.82) is 0 Å². The summed E-state index contributed by atoms with van der Waals surface area (Å²) >= 11 is 2.32. The molecular formula is C9H7IN2. The van der Waals surface area contributed by atoms with E-state index < -0.39 is 0 Å². The van der Waals surface area contributed by atoms with Gasteiger partial charge in [0.15, 0.2) is 0 Å². The van der Waals surface area contributed by atoms with Crippen LogP contribution in [0.25, 0.3) is 10.9 Å². The summed E-state index contributed by atoms with van der Waals surface area (Å²) in [7, 11) is 0. The molecule has 2 aromatic rings. The fraction of sp³-hybridized carbons (Fsp3) is 0.111. The Morgan fingerprint density at radius 1 is 1.33 bits per heavy atom. The summed E-state index contributed by atoms with van der Waals surface area (Å²) in [6.07, 6.45) is 3.42. The highest BCUT2D eigenvalue weighted by Gasteiger charge is 1.98. The molecule has 0 N–H and O–H groups in total. The molecule has 0 aliphatic heterocycles. The molecule has 3 heteroatoms. The van der Waals surface area contributed by atoms with Crippen LogP contribution in [0.15, 0.2) is 24.7 Å². The molecular weight excluding hydrogens is 263 g/mol. The van der Waals surface area contributed by atoms with Gasteiger partial charge in [0.25, 0.3) is 0 Å². The highest BCUT2D eigenvalue weighted by molar-refractivity contribution is 14.1. The number of fused-ring (bicyclic) bond motifs is 1. The number of nitrogens with zero attached hydrogens (tertiary/aromatic N) is 2. The highest BCUT2D eigenvalue weighted by Crippen LogP contribution is 2.18. The Labute approximate surface area is 84.2 Å². The van der Waals surface area contributed by atoms with Crippen LogP contribution in [0.1, 0.15) is 5.56 Å². The van der Waals surface area contributed by atoms with Gasteiger partial charge in [0.1, 0.15) is 6.33 Å². The molecule has 0 bridgehead atoms. The lowest BCUT2D eigenvalue weighted by molar-refractivity contribution is 1.22. The normalized spacial score (nSPS) is 10.5. The number of benzene rings is 1. The summed E-state index contributed by atoms with van der Waals surface area (Å²) in [5.74, 6) is 0. The summed E-state index contributed by atoms with van der Waals surface area (Å²) in [6, 6.07) is 4.18. The van der Waals surface area contributed by atoms with Gasteiger partial charge in [0, 0.05) is 15.2 Å². The van der Waals surface area contributed by atoms with E-state index >= 15 is 0 Å². The average Bonchev–Trinajstić information content (AvgIpc) is 2.07. The van der Waals surface area contributed by atoms with Crippen molar-refractivity contribution >= 4 is 33.5 Å². The van der Waals surface area contributed by atoms with Crippen molar-refractivity contribution in [3.8, 4) is 0 Å². The Balaban J connectivity index is 2.84. The minimum atomic E-state index is 1.02. The molecule has 0 aliphatic carbocycles. The lowest BCUT2D eigenvalue weighted by Crippen LogP contribution is -1.85. The van der Waals surface area contributed by atoms with Crippen LogP contribution >= 0.6 is 22.6 Å². The molecule has 60 valence electrons. The van der Waals surface area contributed by atoms with E-state index in [-0.39, 0.29) is 0 Å². The van der Waals surface area contributed by atoms with Crippen LogP contribution in [0, 0.1) is 10.5 Å². The Hall–Kier alpha value is -0.710. The van der Waals surface area contributed by atoms with Gasteiger partial charge >= 0.3 is 0 Å². The lowest BCUT2D eigenvalue weighted by atomic mass is 10.2. The zero-order valence-corrected chi connectivity index (χ0v) is 8.74. The largest absolute Gasteiger partial charge is 0.244 e. The molecule has 12 heavy (non-hydrogen) atoms. The first-order valence-electron chi connectivity index (χ1n) is 3.63. The number of halogens is 1. The van der Waals surface area contributed by atoms with Crippen LogP contribution < -0.4 is 0 Å². The molecule has 2 rings (SSSR count). The molecule has 2 nitrogen and oxygen atoms in total. The number of hydrogen-bond acceptors (Lipinski definition) is 2. The topological polar surface area (TPSA) is 25.8 Å². The fourth-order valence-electron chi connectivity index (χ4n) is 1.11. The van der Waals surface area contributed by atoms with Gasteiger partial charge in [-0.25, -0.2) is 9.97 Å². The minimum absolute atomic E-state index is 1.02. The summed E-state index contributed by atoms with van der Waals surface area (Å²) in [6.45, 7) is 2.09. The zero-order valence-electron chi connectivity index (χ0n) is 6.58. The molecule has 1 aromatic heterocycles. The monoisotopic (exact) mass is 270 g/mol. The van der Waals surface area contributed by atoms with Gasteiger partial charge in [-0.15, -0.1) is 0 Å². The molecule has 0 atom stereocenters. The van der Waals surface area contributed by atoms with E-state index in [2.05, 4.69) is 51.6 Å². The SMILES string of the molecule is Cc1cc2ncncc2cc1I. The molecule has 0 saturated carbocycles. The number of rotatable bonds is 0. The van der Waals surface area contributed by atoms with Crippen molar-refractivity contribution < 1.29 is 0 Å². The molecule has 0 radical (unpaired) electrons. The lowest BCUT2D eigenvalue weighted by Gasteiger charge is -1.99. The van der Waals surface area contributed by atoms with E-state index in [1.165, 1.54) is 9.13 Å². The zero-order chi connectivity index (χ0) is 8.55. The van der Waals surface area contributed by atoms with Crippen LogP contribution in [0.3, 0.4) is 0 Å². The van der Waals surface area contributed by atoms with Crippen LogP contribution in [0.2, 0.25) is 0 Å². The van der Waals surface area contributed by atoms with E-state index in [0.717, 1.165) is 10.9 Å². The number of aryl methyl sites for hydroxylation is 1. The predicted octanol–water partition coefficient (Wildman–Crippen LogP) is 2.54. The minimum Gasteiger partial charge on any atom is -0.244 e. The first-order valence-corrected chi connectivity index (χ1v) is 4.71. The molecule has 1 aromatic carbocycles. The highest BCUT2D eigenvalue weighted by atomic mass is 127. The fourth-order valence-corrected chi connectivity index (χ4v) is 1.60. The van der Waals surface area contributed by atoms with E-state index in [1.807, 2.05) is 6.20 Å². The third kappa shape index (κ3) is 1.29.